The third kappa shape index (κ3) is 5.74. The fourth-order valence-electron chi connectivity index (χ4n) is 4.22. The third-order valence-corrected chi connectivity index (χ3v) is 6.24. The Bertz CT molecular complexity index is 869. The van der Waals surface area contributed by atoms with Crippen molar-refractivity contribution in [1.82, 2.24) is 0 Å². The van der Waals surface area contributed by atoms with Gasteiger partial charge in [0.1, 0.15) is 54.9 Å². The number of carbonyl (C=O) groups is 3. The van der Waals surface area contributed by atoms with Crippen molar-refractivity contribution in [2.75, 3.05) is 7.11 Å². The Labute approximate surface area is 211 Å². The van der Waals surface area contributed by atoms with Crippen LogP contribution in [0.1, 0.15) is 0 Å². The second-order valence-corrected chi connectivity index (χ2v) is 8.66. The van der Waals surface area contributed by atoms with E-state index in [4.69, 9.17) is 23.7 Å². The largest absolute Gasteiger partial charge is 0.479 e. The molecule has 0 aromatic heterocycles. The number of ether oxygens (including phenoxy) is 6. The molecular weight excluding hydrogens is 532 g/mol. The minimum Gasteiger partial charge on any atom is -0.479 e. The minimum atomic E-state index is -2.26. The molecule has 9 unspecified atom stereocenters. The lowest BCUT2D eigenvalue weighted by molar-refractivity contribution is -0.368. The molecule has 10 N–H and O–H groups in total. The molecule has 0 amide bonds. The zero-order valence-electron chi connectivity index (χ0n) is 19.3. The molecule has 19 heteroatoms. The summed E-state index contributed by atoms with van der Waals surface area (Å²) in [6, 6.07) is 0. The van der Waals surface area contributed by atoms with Gasteiger partial charge in [-0.3, -0.25) is 0 Å². The number of aliphatic hydroxyl groups excluding tert-OH is 7. The lowest BCUT2D eigenvalue weighted by atomic mass is 9.95. The summed E-state index contributed by atoms with van der Waals surface area (Å²) in [4.78, 5) is 34.9. The number of carboxylic acids is 3. The van der Waals surface area contributed by atoms with Gasteiger partial charge in [-0.1, -0.05) is 0 Å². The lowest BCUT2D eigenvalue weighted by Gasteiger charge is -2.46. The molecule has 3 aliphatic rings. The number of hydrogen-bond acceptors (Lipinski definition) is 16. The van der Waals surface area contributed by atoms with Gasteiger partial charge in [-0.05, 0) is 0 Å². The first-order valence-electron chi connectivity index (χ1n) is 11.0. The van der Waals surface area contributed by atoms with E-state index >= 15 is 0 Å². The number of aliphatic hydroxyl groups is 7. The van der Waals surface area contributed by atoms with Crippen molar-refractivity contribution in [2.24, 2.45) is 0 Å². The molecular formula is C19H28O19. The fraction of sp³-hybridized carbons (Fsp3) is 0.842. The Balaban J connectivity index is 1.81. The zero-order valence-corrected chi connectivity index (χ0v) is 19.3. The van der Waals surface area contributed by atoms with Crippen LogP contribution in [0.25, 0.3) is 0 Å². The molecule has 218 valence electrons. The van der Waals surface area contributed by atoms with Crippen LogP contribution < -0.4 is 0 Å². The standard InChI is InChI=1S/C19H28O19/c1-33-8-3(21)6(24)18(37-11(8)14(26)27)36-10-4(22)7(25)19(38-13(10)16(30)31)35-9-2(20)5(23)17(32)34-12(9)15(28)29/h2-13,17-25,32H,1H3,(H,26,27)(H,28,29)(H,30,31)/t2?,3-,4?,5?,6?,7+,8-,9?,10+,11?,12?,13?,17?,18-,19+/m1/s1. The van der Waals surface area contributed by atoms with E-state index in [9.17, 15) is 65.4 Å². The van der Waals surface area contributed by atoms with Crippen LogP contribution in [0.4, 0.5) is 0 Å². The Morgan fingerprint density at radius 3 is 1.26 bits per heavy atom. The van der Waals surface area contributed by atoms with E-state index < -0.39 is 110 Å². The summed E-state index contributed by atoms with van der Waals surface area (Å²) in [5, 5.41) is 99.4. The van der Waals surface area contributed by atoms with Crippen molar-refractivity contribution in [3.05, 3.63) is 0 Å². The maximum atomic E-state index is 11.9. The molecule has 0 spiro atoms. The second kappa shape index (κ2) is 12.0. The SMILES string of the molecule is CO[C@H]1C(C(=O)O)O[C@@H](O[C@@H]2C(C(=O)O)O[C@H](OC3C(C(=O)O)OC(O)C(O)C3O)[C@@H](O)C2O)C(O)[C@H]1O. The molecule has 3 fully saturated rings. The predicted molar refractivity (Wildman–Crippen MR) is 108 cm³/mol. The number of aliphatic carboxylic acids is 3. The highest BCUT2D eigenvalue weighted by Crippen LogP contribution is 2.32. The summed E-state index contributed by atoms with van der Waals surface area (Å²) in [5.74, 6) is -5.28. The van der Waals surface area contributed by atoms with Crippen LogP contribution in [0.15, 0.2) is 0 Å². The van der Waals surface area contributed by atoms with Crippen LogP contribution in [-0.2, 0) is 42.8 Å². The van der Waals surface area contributed by atoms with Crippen molar-refractivity contribution >= 4 is 17.9 Å². The van der Waals surface area contributed by atoms with Gasteiger partial charge < -0.3 is 79.5 Å². The zero-order chi connectivity index (χ0) is 28.6. The Morgan fingerprint density at radius 1 is 0.526 bits per heavy atom. The average Bonchev–Trinajstić information content (AvgIpc) is 2.85. The van der Waals surface area contributed by atoms with Crippen LogP contribution in [0, 0.1) is 0 Å². The Morgan fingerprint density at radius 2 is 0.868 bits per heavy atom. The fourth-order valence-corrected chi connectivity index (χ4v) is 4.22. The average molecular weight is 560 g/mol. The monoisotopic (exact) mass is 560 g/mol. The van der Waals surface area contributed by atoms with Gasteiger partial charge in [0.2, 0.25) is 0 Å². The predicted octanol–water partition coefficient (Wildman–Crippen LogP) is -6.64. The van der Waals surface area contributed by atoms with Crippen molar-refractivity contribution in [3.8, 4) is 0 Å². The number of rotatable bonds is 8. The summed E-state index contributed by atoms with van der Waals surface area (Å²) in [5.41, 5.74) is 0. The van der Waals surface area contributed by atoms with Crippen LogP contribution in [0.2, 0.25) is 0 Å². The molecule has 3 heterocycles. The van der Waals surface area contributed by atoms with Crippen molar-refractivity contribution in [1.29, 1.82) is 0 Å². The van der Waals surface area contributed by atoms with Gasteiger partial charge in [0, 0.05) is 7.11 Å². The highest BCUT2D eigenvalue weighted by atomic mass is 16.8. The summed E-state index contributed by atoms with van der Waals surface area (Å²) < 4.78 is 30.1. The van der Waals surface area contributed by atoms with Crippen LogP contribution in [-0.4, -0.2) is 168 Å². The maximum absolute atomic E-state index is 11.9. The molecule has 3 aliphatic heterocycles. The third-order valence-electron chi connectivity index (χ3n) is 6.24. The molecule has 0 aromatic carbocycles. The van der Waals surface area contributed by atoms with Gasteiger partial charge in [-0.2, -0.15) is 0 Å². The first-order chi connectivity index (χ1) is 17.7. The van der Waals surface area contributed by atoms with E-state index in [1.54, 1.807) is 0 Å². The Hall–Kier alpha value is -2.11. The molecule has 0 saturated carbocycles. The van der Waals surface area contributed by atoms with Gasteiger partial charge in [0.15, 0.2) is 37.2 Å². The molecule has 3 rings (SSSR count). The normalized spacial score (nSPS) is 47.8. The molecule has 19 nitrogen and oxygen atoms in total. The van der Waals surface area contributed by atoms with E-state index in [1.807, 2.05) is 0 Å². The van der Waals surface area contributed by atoms with E-state index in [-0.39, 0.29) is 0 Å². The summed E-state index contributed by atoms with van der Waals surface area (Å²) >= 11 is 0. The summed E-state index contributed by atoms with van der Waals surface area (Å²) in [7, 11) is 1.03. The van der Waals surface area contributed by atoms with Crippen LogP contribution >= 0.6 is 0 Å². The number of methoxy groups -OCH3 is 1. The highest BCUT2D eigenvalue weighted by molar-refractivity contribution is 5.74. The van der Waals surface area contributed by atoms with E-state index in [2.05, 4.69) is 4.74 Å². The maximum Gasteiger partial charge on any atom is 0.335 e. The topological polar surface area (TPSA) is 309 Å². The molecule has 0 aromatic rings. The van der Waals surface area contributed by atoms with Crippen molar-refractivity contribution < 1.29 is 93.9 Å². The summed E-state index contributed by atoms with van der Waals surface area (Å²) in [6.07, 6.45) is -31.1. The summed E-state index contributed by atoms with van der Waals surface area (Å²) in [6.45, 7) is 0. The van der Waals surface area contributed by atoms with Crippen molar-refractivity contribution in [3.63, 3.8) is 0 Å². The van der Waals surface area contributed by atoms with Gasteiger partial charge in [0.05, 0.1) is 0 Å². The van der Waals surface area contributed by atoms with Gasteiger partial charge in [-0.15, -0.1) is 0 Å². The lowest BCUT2D eigenvalue weighted by Crippen LogP contribution is -2.67. The smallest absolute Gasteiger partial charge is 0.335 e. The molecule has 38 heavy (non-hydrogen) atoms. The number of hydrogen-bond donors (Lipinski definition) is 10. The van der Waals surface area contributed by atoms with Crippen LogP contribution in [0.3, 0.4) is 0 Å². The Kier molecular flexibility index (Phi) is 9.58. The quantitative estimate of drug-likeness (QED) is 0.132. The van der Waals surface area contributed by atoms with E-state index in [0.717, 1.165) is 7.11 Å². The molecule has 3 saturated heterocycles. The van der Waals surface area contributed by atoms with E-state index in [0.29, 0.717) is 0 Å². The van der Waals surface area contributed by atoms with Gasteiger partial charge in [-0.25, -0.2) is 14.4 Å². The molecule has 15 atom stereocenters. The van der Waals surface area contributed by atoms with Gasteiger partial charge in [0.25, 0.3) is 0 Å². The van der Waals surface area contributed by atoms with E-state index in [1.165, 1.54) is 0 Å². The molecule has 0 radical (unpaired) electrons. The molecule has 0 aliphatic carbocycles. The second-order valence-electron chi connectivity index (χ2n) is 8.66. The first kappa shape index (κ1) is 30.4. The minimum absolute atomic E-state index is 1.03. The van der Waals surface area contributed by atoms with Gasteiger partial charge >= 0.3 is 17.9 Å². The van der Waals surface area contributed by atoms with Crippen LogP contribution in [0.5, 0.6) is 0 Å². The molecule has 0 bridgehead atoms. The number of carboxylic acid groups (broad SMARTS) is 3. The first-order valence-corrected chi connectivity index (χ1v) is 11.0. The highest BCUT2D eigenvalue weighted by Gasteiger charge is 2.56. The van der Waals surface area contributed by atoms with Crippen molar-refractivity contribution in [2.45, 2.75) is 92.1 Å².